The van der Waals surface area contributed by atoms with Crippen LogP contribution in [0, 0.1) is 0 Å². The molecule has 2 atom stereocenters. The number of phenols is 1. The lowest BCUT2D eigenvalue weighted by molar-refractivity contribution is 0.122. The molecule has 6 nitrogen and oxygen atoms in total. The van der Waals surface area contributed by atoms with Crippen molar-refractivity contribution in [3.05, 3.63) is 47.3 Å². The third-order valence-electron chi connectivity index (χ3n) is 5.89. The van der Waals surface area contributed by atoms with E-state index in [0.717, 1.165) is 57.2 Å². The highest BCUT2D eigenvalue weighted by Crippen LogP contribution is 2.44. The summed E-state index contributed by atoms with van der Waals surface area (Å²) in [7, 11) is 0. The normalized spacial score (nSPS) is 25.3. The van der Waals surface area contributed by atoms with E-state index in [2.05, 4.69) is 27.0 Å². The monoisotopic (exact) mass is 352 g/mol. The van der Waals surface area contributed by atoms with Crippen molar-refractivity contribution in [2.45, 2.75) is 37.9 Å². The molecule has 0 unspecified atom stereocenters. The number of fused-ring (bicyclic) bond motifs is 4. The number of morpholine rings is 1. The molecule has 0 saturated carbocycles. The summed E-state index contributed by atoms with van der Waals surface area (Å²) in [5.41, 5.74) is 3.67. The van der Waals surface area contributed by atoms with Crippen molar-refractivity contribution < 1.29 is 9.84 Å². The maximum absolute atomic E-state index is 9.75. The molecule has 136 valence electrons. The second-order valence-electron chi connectivity index (χ2n) is 7.46. The van der Waals surface area contributed by atoms with Crippen molar-refractivity contribution in [1.82, 2.24) is 14.9 Å². The first-order chi connectivity index (χ1) is 12.8. The molecule has 1 N–H and O–H groups in total. The fourth-order valence-corrected chi connectivity index (χ4v) is 4.59. The van der Waals surface area contributed by atoms with Gasteiger partial charge in [0.25, 0.3) is 0 Å². The Bertz CT molecular complexity index is 806. The summed E-state index contributed by atoms with van der Waals surface area (Å²) < 4.78 is 5.44. The van der Waals surface area contributed by atoms with Gasteiger partial charge in [-0.3, -0.25) is 4.90 Å². The number of ether oxygens (including phenoxy) is 1. The largest absolute Gasteiger partial charge is 0.508 e. The molecule has 1 aromatic heterocycles. The molecular formula is C20H24N4O2. The summed E-state index contributed by atoms with van der Waals surface area (Å²) in [6.45, 7) is 4.12. The van der Waals surface area contributed by atoms with Crippen LogP contribution in [0.2, 0.25) is 0 Å². The van der Waals surface area contributed by atoms with E-state index in [9.17, 15) is 5.11 Å². The fraction of sp³-hybridized carbons (Fsp3) is 0.500. The number of anilines is 1. The van der Waals surface area contributed by atoms with E-state index in [4.69, 9.17) is 9.72 Å². The topological polar surface area (TPSA) is 61.7 Å². The van der Waals surface area contributed by atoms with E-state index in [0.29, 0.717) is 17.8 Å². The van der Waals surface area contributed by atoms with Crippen molar-refractivity contribution in [3.63, 3.8) is 0 Å². The third-order valence-corrected chi connectivity index (χ3v) is 5.89. The molecule has 0 aliphatic carbocycles. The first-order valence-electron chi connectivity index (χ1n) is 9.50. The molecule has 0 amide bonds. The SMILES string of the molecule is Oc1cccc(CN2[C@H]3CC[C@H]2c2cnc(N4CCOCC4)nc2C3)c1. The number of hydrogen-bond acceptors (Lipinski definition) is 6. The lowest BCUT2D eigenvalue weighted by Crippen LogP contribution is -2.40. The highest BCUT2D eigenvalue weighted by Gasteiger charge is 2.40. The van der Waals surface area contributed by atoms with Gasteiger partial charge in [0.05, 0.1) is 18.9 Å². The van der Waals surface area contributed by atoms with Gasteiger partial charge in [-0.2, -0.15) is 0 Å². The molecule has 0 radical (unpaired) electrons. The smallest absolute Gasteiger partial charge is 0.225 e. The number of nitrogens with zero attached hydrogens (tertiary/aromatic N) is 4. The second kappa shape index (κ2) is 6.52. The first kappa shape index (κ1) is 16.0. The van der Waals surface area contributed by atoms with Gasteiger partial charge in [0.1, 0.15) is 5.75 Å². The Morgan fingerprint density at radius 3 is 2.92 bits per heavy atom. The standard InChI is InChI=1S/C20H24N4O2/c25-16-3-1-2-14(10-16)13-24-15-4-5-19(24)17-12-21-20(22-18(17)11-15)23-6-8-26-9-7-23/h1-3,10,12,15,19,25H,4-9,11,13H2/t15-,19-/m0/s1. The number of aromatic nitrogens is 2. The van der Waals surface area contributed by atoms with E-state index in [-0.39, 0.29) is 0 Å². The number of benzene rings is 1. The van der Waals surface area contributed by atoms with Gasteiger partial charge < -0.3 is 14.7 Å². The molecule has 4 heterocycles. The Morgan fingerprint density at radius 2 is 2.08 bits per heavy atom. The number of phenolic OH excluding ortho intramolecular Hbond substituents is 1. The Balaban J connectivity index is 1.40. The van der Waals surface area contributed by atoms with E-state index < -0.39 is 0 Å². The average Bonchev–Trinajstić information content (AvgIpc) is 2.94. The molecule has 5 rings (SSSR count). The van der Waals surface area contributed by atoms with Crippen molar-refractivity contribution in [1.29, 1.82) is 0 Å². The van der Waals surface area contributed by atoms with Crippen LogP contribution in [0.25, 0.3) is 0 Å². The van der Waals surface area contributed by atoms with E-state index >= 15 is 0 Å². The Labute approximate surface area is 153 Å². The van der Waals surface area contributed by atoms with Crippen molar-refractivity contribution >= 4 is 5.95 Å². The summed E-state index contributed by atoms with van der Waals surface area (Å²) in [5.74, 6) is 1.19. The minimum atomic E-state index is 0.339. The molecule has 2 saturated heterocycles. The van der Waals surface area contributed by atoms with Gasteiger partial charge in [-0.15, -0.1) is 0 Å². The molecule has 3 aliphatic heterocycles. The Hall–Kier alpha value is -2.18. The average molecular weight is 352 g/mol. The van der Waals surface area contributed by atoms with Gasteiger partial charge in [-0.1, -0.05) is 12.1 Å². The zero-order valence-electron chi connectivity index (χ0n) is 14.8. The molecule has 2 bridgehead atoms. The Morgan fingerprint density at radius 1 is 1.19 bits per heavy atom. The lowest BCUT2D eigenvalue weighted by Gasteiger charge is -2.36. The molecule has 0 spiro atoms. The highest BCUT2D eigenvalue weighted by atomic mass is 16.5. The van der Waals surface area contributed by atoms with Gasteiger partial charge in [0.2, 0.25) is 5.95 Å². The summed E-state index contributed by atoms with van der Waals surface area (Å²) >= 11 is 0. The zero-order chi connectivity index (χ0) is 17.5. The summed E-state index contributed by atoms with van der Waals surface area (Å²) in [6, 6.07) is 8.53. The van der Waals surface area contributed by atoms with Gasteiger partial charge in [-0.25, -0.2) is 9.97 Å². The molecule has 2 aromatic rings. The Kier molecular flexibility index (Phi) is 4.02. The predicted octanol–water partition coefficient (Wildman–Crippen LogP) is 2.28. The summed E-state index contributed by atoms with van der Waals surface area (Å²) in [5, 5.41) is 9.75. The number of aromatic hydroxyl groups is 1. The van der Waals surface area contributed by atoms with Gasteiger partial charge in [0, 0.05) is 49.9 Å². The van der Waals surface area contributed by atoms with Crippen LogP contribution in [0.5, 0.6) is 5.75 Å². The van der Waals surface area contributed by atoms with Crippen LogP contribution in [0.15, 0.2) is 30.5 Å². The molecule has 6 heteroatoms. The molecule has 1 aromatic carbocycles. The summed E-state index contributed by atoms with van der Waals surface area (Å²) in [4.78, 5) is 14.4. The van der Waals surface area contributed by atoms with Crippen LogP contribution in [0.1, 0.15) is 35.7 Å². The first-order valence-corrected chi connectivity index (χ1v) is 9.50. The third kappa shape index (κ3) is 2.83. The molecule has 2 fully saturated rings. The maximum Gasteiger partial charge on any atom is 0.225 e. The van der Waals surface area contributed by atoms with E-state index in [1.54, 1.807) is 6.07 Å². The summed E-state index contributed by atoms with van der Waals surface area (Å²) in [6.07, 6.45) is 5.41. The van der Waals surface area contributed by atoms with Gasteiger partial charge >= 0.3 is 0 Å². The lowest BCUT2D eigenvalue weighted by atomic mass is 9.98. The van der Waals surface area contributed by atoms with Crippen LogP contribution in [-0.4, -0.2) is 52.3 Å². The van der Waals surface area contributed by atoms with Gasteiger partial charge in [0.15, 0.2) is 0 Å². The fourth-order valence-electron chi connectivity index (χ4n) is 4.59. The van der Waals surface area contributed by atoms with Crippen LogP contribution in [0.3, 0.4) is 0 Å². The van der Waals surface area contributed by atoms with Crippen LogP contribution in [0.4, 0.5) is 5.95 Å². The van der Waals surface area contributed by atoms with Crippen molar-refractivity contribution in [3.8, 4) is 5.75 Å². The minimum absolute atomic E-state index is 0.339. The van der Waals surface area contributed by atoms with E-state index in [1.807, 2.05) is 12.1 Å². The predicted molar refractivity (Wildman–Crippen MR) is 98.2 cm³/mol. The molecule has 3 aliphatic rings. The van der Waals surface area contributed by atoms with Crippen molar-refractivity contribution in [2.24, 2.45) is 0 Å². The van der Waals surface area contributed by atoms with Crippen LogP contribution >= 0.6 is 0 Å². The minimum Gasteiger partial charge on any atom is -0.508 e. The quantitative estimate of drug-likeness (QED) is 0.914. The number of hydrogen-bond donors (Lipinski definition) is 1. The highest BCUT2D eigenvalue weighted by molar-refractivity contribution is 5.38. The molecular weight excluding hydrogens is 328 g/mol. The second-order valence-corrected chi connectivity index (χ2v) is 7.46. The molecule has 26 heavy (non-hydrogen) atoms. The zero-order valence-corrected chi connectivity index (χ0v) is 14.8. The van der Waals surface area contributed by atoms with Gasteiger partial charge in [-0.05, 0) is 30.5 Å². The van der Waals surface area contributed by atoms with E-state index in [1.165, 1.54) is 17.7 Å². The number of rotatable bonds is 3. The maximum atomic E-state index is 9.75. The van der Waals surface area contributed by atoms with Crippen LogP contribution in [-0.2, 0) is 17.7 Å². The van der Waals surface area contributed by atoms with Crippen LogP contribution < -0.4 is 4.90 Å². The van der Waals surface area contributed by atoms with Crippen molar-refractivity contribution in [2.75, 3.05) is 31.2 Å².